The molecule has 3 N–H and O–H groups in total. The fourth-order valence-electron chi connectivity index (χ4n) is 1.94. The van der Waals surface area contributed by atoms with Gasteiger partial charge in [-0.05, 0) is 31.0 Å². The fourth-order valence-corrected chi connectivity index (χ4v) is 1.94. The molecule has 2 rings (SSSR count). The SMILES string of the molecule is CCc1nc2cc(NC(=O)NCCC(O)CC)ccc2o1. The Labute approximate surface area is 123 Å². The number of aryl methyl sites for hydroxylation is 1. The van der Waals surface area contributed by atoms with Gasteiger partial charge in [-0.1, -0.05) is 13.8 Å². The number of aromatic nitrogens is 1. The summed E-state index contributed by atoms with van der Waals surface area (Å²) in [5, 5.41) is 14.9. The maximum atomic E-state index is 11.7. The van der Waals surface area contributed by atoms with Gasteiger partial charge in [0.05, 0.1) is 6.10 Å². The van der Waals surface area contributed by atoms with Gasteiger partial charge in [-0.2, -0.15) is 0 Å². The van der Waals surface area contributed by atoms with Crippen LogP contribution in [0, 0.1) is 0 Å². The summed E-state index contributed by atoms with van der Waals surface area (Å²) in [4.78, 5) is 16.1. The highest BCUT2D eigenvalue weighted by molar-refractivity contribution is 5.91. The maximum Gasteiger partial charge on any atom is 0.319 e. The van der Waals surface area contributed by atoms with Crippen LogP contribution in [0.25, 0.3) is 11.1 Å². The molecule has 1 atom stereocenters. The number of oxazole rings is 1. The summed E-state index contributed by atoms with van der Waals surface area (Å²) in [7, 11) is 0. The van der Waals surface area contributed by atoms with Crippen LogP contribution in [-0.2, 0) is 6.42 Å². The number of hydrogen-bond donors (Lipinski definition) is 3. The smallest absolute Gasteiger partial charge is 0.319 e. The normalized spacial score (nSPS) is 12.3. The highest BCUT2D eigenvalue weighted by Gasteiger charge is 2.07. The van der Waals surface area contributed by atoms with E-state index in [-0.39, 0.29) is 12.1 Å². The molecule has 0 aliphatic heterocycles. The third-order valence-electron chi connectivity index (χ3n) is 3.23. The van der Waals surface area contributed by atoms with Gasteiger partial charge in [0.1, 0.15) is 5.52 Å². The Kier molecular flexibility index (Phi) is 5.16. The summed E-state index contributed by atoms with van der Waals surface area (Å²) < 4.78 is 5.51. The molecule has 21 heavy (non-hydrogen) atoms. The number of carbonyl (C=O) groups is 1. The summed E-state index contributed by atoms with van der Waals surface area (Å²) >= 11 is 0. The van der Waals surface area contributed by atoms with E-state index in [9.17, 15) is 9.90 Å². The minimum absolute atomic E-state index is 0.295. The Morgan fingerprint density at radius 1 is 1.43 bits per heavy atom. The summed E-state index contributed by atoms with van der Waals surface area (Å²) in [5.74, 6) is 0.681. The topological polar surface area (TPSA) is 87.4 Å². The molecule has 6 nitrogen and oxygen atoms in total. The molecule has 1 aromatic heterocycles. The quantitative estimate of drug-likeness (QED) is 0.763. The van der Waals surface area contributed by atoms with Crippen molar-refractivity contribution in [2.24, 2.45) is 0 Å². The van der Waals surface area contributed by atoms with Crippen molar-refractivity contribution in [2.45, 2.75) is 39.2 Å². The Morgan fingerprint density at radius 3 is 2.95 bits per heavy atom. The average molecular weight is 291 g/mol. The first-order valence-electron chi connectivity index (χ1n) is 7.24. The summed E-state index contributed by atoms with van der Waals surface area (Å²) in [6.07, 6.45) is 1.60. The summed E-state index contributed by atoms with van der Waals surface area (Å²) in [6, 6.07) is 5.04. The van der Waals surface area contributed by atoms with Crippen LogP contribution in [0.3, 0.4) is 0 Å². The van der Waals surface area contributed by atoms with Crippen molar-refractivity contribution in [3.8, 4) is 0 Å². The zero-order chi connectivity index (χ0) is 15.2. The minimum Gasteiger partial charge on any atom is -0.441 e. The molecule has 0 aliphatic carbocycles. The Bertz CT molecular complexity index is 609. The van der Waals surface area contributed by atoms with Crippen LogP contribution >= 0.6 is 0 Å². The van der Waals surface area contributed by atoms with Crippen LogP contribution in [0.5, 0.6) is 0 Å². The molecular formula is C15H21N3O3. The van der Waals surface area contributed by atoms with E-state index in [0.29, 0.717) is 36.5 Å². The second-order valence-electron chi connectivity index (χ2n) is 4.88. The van der Waals surface area contributed by atoms with Crippen molar-refractivity contribution in [1.82, 2.24) is 10.3 Å². The van der Waals surface area contributed by atoms with E-state index in [4.69, 9.17) is 4.42 Å². The lowest BCUT2D eigenvalue weighted by atomic mass is 10.2. The second kappa shape index (κ2) is 7.08. The maximum absolute atomic E-state index is 11.7. The molecule has 1 unspecified atom stereocenters. The number of anilines is 1. The van der Waals surface area contributed by atoms with Crippen molar-refractivity contribution in [2.75, 3.05) is 11.9 Å². The van der Waals surface area contributed by atoms with Gasteiger partial charge in [0.15, 0.2) is 11.5 Å². The average Bonchev–Trinajstić information content (AvgIpc) is 2.89. The van der Waals surface area contributed by atoms with Crippen molar-refractivity contribution >= 4 is 22.8 Å². The van der Waals surface area contributed by atoms with Gasteiger partial charge < -0.3 is 20.2 Å². The number of amides is 2. The van der Waals surface area contributed by atoms with E-state index in [1.165, 1.54) is 0 Å². The first kappa shape index (κ1) is 15.3. The lowest BCUT2D eigenvalue weighted by Gasteiger charge is -2.09. The number of hydrogen-bond acceptors (Lipinski definition) is 4. The molecule has 0 saturated heterocycles. The third-order valence-corrected chi connectivity index (χ3v) is 3.23. The molecular weight excluding hydrogens is 270 g/mol. The number of rotatable bonds is 6. The van der Waals surface area contributed by atoms with E-state index in [2.05, 4.69) is 15.6 Å². The van der Waals surface area contributed by atoms with Crippen LogP contribution in [0.2, 0.25) is 0 Å². The van der Waals surface area contributed by atoms with Crippen molar-refractivity contribution in [3.05, 3.63) is 24.1 Å². The fraction of sp³-hybridized carbons (Fsp3) is 0.467. The van der Waals surface area contributed by atoms with Crippen molar-refractivity contribution < 1.29 is 14.3 Å². The first-order chi connectivity index (χ1) is 10.1. The van der Waals surface area contributed by atoms with Crippen molar-refractivity contribution in [3.63, 3.8) is 0 Å². The number of aliphatic hydroxyl groups excluding tert-OH is 1. The van der Waals surface area contributed by atoms with E-state index in [1.54, 1.807) is 18.2 Å². The standard InChI is InChI=1S/C15H21N3O3/c1-3-11(19)7-8-16-15(20)17-10-5-6-13-12(9-10)18-14(4-2)21-13/h5-6,9,11,19H,3-4,7-8H2,1-2H3,(H2,16,17,20). The number of carbonyl (C=O) groups excluding carboxylic acids is 1. The zero-order valence-electron chi connectivity index (χ0n) is 12.3. The van der Waals surface area contributed by atoms with E-state index in [0.717, 1.165) is 11.9 Å². The lowest BCUT2D eigenvalue weighted by molar-refractivity contribution is 0.160. The summed E-state index contributed by atoms with van der Waals surface area (Å²) in [5.41, 5.74) is 2.10. The number of benzene rings is 1. The molecule has 0 radical (unpaired) electrons. The van der Waals surface area contributed by atoms with Crippen LogP contribution in [0.4, 0.5) is 10.5 Å². The first-order valence-corrected chi connectivity index (χ1v) is 7.24. The zero-order valence-corrected chi connectivity index (χ0v) is 12.3. The van der Waals surface area contributed by atoms with Gasteiger partial charge in [-0.25, -0.2) is 9.78 Å². The molecule has 1 heterocycles. The van der Waals surface area contributed by atoms with Crippen LogP contribution in [-0.4, -0.2) is 28.8 Å². The van der Waals surface area contributed by atoms with Gasteiger partial charge in [-0.3, -0.25) is 0 Å². The van der Waals surface area contributed by atoms with E-state index >= 15 is 0 Å². The molecule has 114 valence electrons. The Morgan fingerprint density at radius 2 is 2.24 bits per heavy atom. The molecule has 0 saturated carbocycles. The predicted octanol–water partition coefficient (Wildman–Crippen LogP) is 2.67. The van der Waals surface area contributed by atoms with Crippen LogP contribution in [0.15, 0.2) is 22.6 Å². The Balaban J connectivity index is 1.91. The number of fused-ring (bicyclic) bond motifs is 1. The molecule has 2 amide bonds. The highest BCUT2D eigenvalue weighted by Crippen LogP contribution is 2.20. The largest absolute Gasteiger partial charge is 0.441 e. The molecule has 2 aromatic rings. The van der Waals surface area contributed by atoms with Crippen molar-refractivity contribution in [1.29, 1.82) is 0 Å². The van der Waals surface area contributed by atoms with Crippen LogP contribution in [0.1, 0.15) is 32.6 Å². The lowest BCUT2D eigenvalue weighted by Crippen LogP contribution is -2.31. The van der Waals surface area contributed by atoms with E-state index < -0.39 is 0 Å². The third kappa shape index (κ3) is 4.19. The monoisotopic (exact) mass is 291 g/mol. The van der Waals surface area contributed by atoms with Gasteiger partial charge >= 0.3 is 6.03 Å². The van der Waals surface area contributed by atoms with Gasteiger partial charge in [-0.15, -0.1) is 0 Å². The van der Waals surface area contributed by atoms with E-state index in [1.807, 2.05) is 13.8 Å². The Hall–Kier alpha value is -2.08. The number of urea groups is 1. The van der Waals surface area contributed by atoms with Gasteiger partial charge in [0, 0.05) is 18.7 Å². The number of nitrogens with zero attached hydrogens (tertiary/aromatic N) is 1. The number of nitrogens with one attached hydrogen (secondary N) is 2. The van der Waals surface area contributed by atoms with Crippen LogP contribution < -0.4 is 10.6 Å². The molecule has 1 aromatic carbocycles. The molecule has 0 spiro atoms. The van der Waals surface area contributed by atoms with Gasteiger partial charge in [0.25, 0.3) is 0 Å². The predicted molar refractivity (Wildman–Crippen MR) is 81.3 cm³/mol. The molecule has 6 heteroatoms. The number of aliphatic hydroxyl groups is 1. The minimum atomic E-state index is -0.371. The summed E-state index contributed by atoms with van der Waals surface area (Å²) in [6.45, 7) is 4.32. The molecule has 0 fully saturated rings. The highest BCUT2D eigenvalue weighted by atomic mass is 16.3. The second-order valence-corrected chi connectivity index (χ2v) is 4.88. The molecule has 0 aliphatic rings. The molecule has 0 bridgehead atoms. The van der Waals surface area contributed by atoms with Gasteiger partial charge in [0.2, 0.25) is 0 Å².